The molecule has 0 aromatic heterocycles. The summed E-state index contributed by atoms with van der Waals surface area (Å²) in [4.78, 5) is 4.16. The second kappa shape index (κ2) is 1.65. The van der Waals surface area contributed by atoms with Crippen LogP contribution in [-0.2, 0) is 0 Å². The molecule has 2 heterocycles. The molecule has 0 aromatic carbocycles. The van der Waals surface area contributed by atoms with Gasteiger partial charge in [-0.25, -0.2) is 4.99 Å². The molecular weight excluding hydrogens is 116 g/mol. The lowest BCUT2D eigenvalue weighted by Gasteiger charge is -2.06. The molecule has 1 fully saturated rings. The summed E-state index contributed by atoms with van der Waals surface area (Å²) < 4.78 is 0. The third-order valence-corrected chi connectivity index (χ3v) is 1.36. The van der Waals surface area contributed by atoms with Crippen LogP contribution in [0.3, 0.4) is 0 Å². The Balaban J connectivity index is 2.30. The molecule has 48 valence electrons. The van der Waals surface area contributed by atoms with Crippen LogP contribution in [0.5, 0.6) is 0 Å². The van der Waals surface area contributed by atoms with Crippen molar-refractivity contribution in [1.82, 2.24) is 16.0 Å². The largest absolute Gasteiger partial charge is 0.370 e. The van der Waals surface area contributed by atoms with E-state index in [1.165, 1.54) is 0 Å². The zero-order valence-electron chi connectivity index (χ0n) is 4.94. The molecule has 0 amide bonds. The van der Waals surface area contributed by atoms with Gasteiger partial charge in [0.1, 0.15) is 12.5 Å². The predicted molar refractivity (Wildman–Crippen MR) is 34.7 cm³/mol. The van der Waals surface area contributed by atoms with Gasteiger partial charge in [-0.15, -0.1) is 0 Å². The molecule has 1 saturated heterocycles. The molecule has 0 bridgehead atoms. The average molecular weight is 124 g/mol. The number of nitrogens with one attached hydrogen (secondary N) is 3. The Morgan fingerprint density at radius 2 is 2.44 bits per heavy atom. The van der Waals surface area contributed by atoms with Crippen LogP contribution in [0.4, 0.5) is 0 Å². The van der Waals surface area contributed by atoms with Gasteiger partial charge in [0, 0.05) is 6.20 Å². The molecule has 4 nitrogen and oxygen atoms in total. The molecule has 2 aliphatic rings. The smallest absolute Gasteiger partial charge is 0.149 e. The van der Waals surface area contributed by atoms with Crippen LogP contribution in [0.25, 0.3) is 0 Å². The third-order valence-electron chi connectivity index (χ3n) is 1.36. The van der Waals surface area contributed by atoms with Crippen LogP contribution in [0.2, 0.25) is 0 Å². The summed E-state index contributed by atoms with van der Waals surface area (Å²) in [6.45, 7) is 1.49. The number of nitrogens with zero attached hydrogens (tertiary/aromatic N) is 1. The fourth-order valence-electron chi connectivity index (χ4n) is 0.935. The highest BCUT2D eigenvalue weighted by molar-refractivity contribution is 5.99. The SMILES string of the molecule is C1=C2NCNC2=NCN1. The average Bonchev–Trinajstić information content (AvgIpc) is 2.33. The quantitative estimate of drug-likeness (QED) is 0.385. The van der Waals surface area contributed by atoms with Gasteiger partial charge < -0.3 is 16.0 Å². The lowest BCUT2D eigenvalue weighted by Crippen LogP contribution is -2.23. The highest BCUT2D eigenvalue weighted by Crippen LogP contribution is 1.98. The third kappa shape index (κ3) is 0.630. The maximum Gasteiger partial charge on any atom is 0.149 e. The number of hydrogen-bond donors (Lipinski definition) is 3. The summed E-state index contributed by atoms with van der Waals surface area (Å²) in [5.41, 5.74) is 1.07. The van der Waals surface area contributed by atoms with Crippen LogP contribution in [0, 0.1) is 0 Å². The van der Waals surface area contributed by atoms with E-state index in [0.717, 1.165) is 18.2 Å². The van der Waals surface area contributed by atoms with Gasteiger partial charge in [-0.2, -0.15) is 0 Å². The molecule has 0 aromatic rings. The number of fused-ring (bicyclic) bond motifs is 1. The van der Waals surface area contributed by atoms with Gasteiger partial charge in [-0.3, -0.25) is 0 Å². The van der Waals surface area contributed by atoms with Gasteiger partial charge in [0.2, 0.25) is 0 Å². The molecule has 3 N–H and O–H groups in total. The zero-order chi connectivity index (χ0) is 6.10. The molecule has 9 heavy (non-hydrogen) atoms. The summed E-state index contributed by atoms with van der Waals surface area (Å²) in [5, 5.41) is 9.21. The molecule has 0 spiro atoms. The minimum Gasteiger partial charge on any atom is -0.370 e. The van der Waals surface area contributed by atoms with E-state index in [0.29, 0.717) is 6.67 Å². The van der Waals surface area contributed by atoms with Crippen molar-refractivity contribution in [3.05, 3.63) is 11.9 Å². The van der Waals surface area contributed by atoms with Crippen molar-refractivity contribution in [2.24, 2.45) is 4.99 Å². The van der Waals surface area contributed by atoms with E-state index in [-0.39, 0.29) is 0 Å². The molecule has 4 heteroatoms. The highest BCUT2D eigenvalue weighted by Gasteiger charge is 2.14. The fraction of sp³-hybridized carbons (Fsp3) is 0.400. The van der Waals surface area contributed by atoms with Crippen LogP contribution >= 0.6 is 0 Å². The highest BCUT2D eigenvalue weighted by atomic mass is 15.2. The Labute approximate surface area is 53.0 Å². The summed E-state index contributed by atoms with van der Waals surface area (Å²) in [7, 11) is 0. The van der Waals surface area contributed by atoms with E-state index in [1.807, 2.05) is 6.20 Å². The maximum absolute atomic E-state index is 4.16. The van der Waals surface area contributed by atoms with Crippen molar-refractivity contribution >= 4 is 5.84 Å². The van der Waals surface area contributed by atoms with E-state index in [2.05, 4.69) is 20.9 Å². The second-order valence-electron chi connectivity index (χ2n) is 1.96. The Morgan fingerprint density at radius 1 is 1.44 bits per heavy atom. The summed E-state index contributed by atoms with van der Waals surface area (Å²) >= 11 is 0. The van der Waals surface area contributed by atoms with Crippen molar-refractivity contribution in [2.45, 2.75) is 0 Å². The van der Waals surface area contributed by atoms with E-state index >= 15 is 0 Å². The Hall–Kier alpha value is -1.19. The molecule has 0 radical (unpaired) electrons. The van der Waals surface area contributed by atoms with Gasteiger partial charge in [-0.05, 0) is 0 Å². The van der Waals surface area contributed by atoms with Crippen molar-refractivity contribution in [3.63, 3.8) is 0 Å². The monoisotopic (exact) mass is 124 g/mol. The molecule has 0 atom stereocenters. The van der Waals surface area contributed by atoms with Crippen LogP contribution in [0.15, 0.2) is 16.9 Å². The minimum absolute atomic E-state index is 0.688. The van der Waals surface area contributed by atoms with E-state index in [9.17, 15) is 0 Å². The number of aliphatic imine (C=N–C) groups is 1. The first kappa shape index (κ1) is 4.67. The first-order chi connectivity index (χ1) is 4.47. The first-order valence-electron chi connectivity index (χ1n) is 2.93. The minimum atomic E-state index is 0.688. The van der Waals surface area contributed by atoms with Gasteiger partial charge >= 0.3 is 0 Å². The molecule has 0 unspecified atom stereocenters. The Bertz CT molecular complexity index is 161. The first-order valence-corrected chi connectivity index (χ1v) is 2.93. The van der Waals surface area contributed by atoms with E-state index < -0.39 is 0 Å². The van der Waals surface area contributed by atoms with E-state index in [1.54, 1.807) is 0 Å². The molecule has 2 rings (SSSR count). The van der Waals surface area contributed by atoms with Crippen molar-refractivity contribution in [3.8, 4) is 0 Å². The fourth-order valence-corrected chi connectivity index (χ4v) is 0.935. The van der Waals surface area contributed by atoms with Crippen molar-refractivity contribution in [1.29, 1.82) is 0 Å². The molecular formula is C5H8N4. The zero-order valence-corrected chi connectivity index (χ0v) is 4.94. The normalized spacial score (nSPS) is 22.2. The molecule has 2 aliphatic heterocycles. The number of amidine groups is 1. The predicted octanol–water partition coefficient (Wildman–Crippen LogP) is -1.06. The van der Waals surface area contributed by atoms with Crippen LogP contribution in [0.1, 0.15) is 0 Å². The summed E-state index contributed by atoms with van der Waals surface area (Å²) in [5.74, 6) is 0.980. The second-order valence-corrected chi connectivity index (χ2v) is 1.96. The van der Waals surface area contributed by atoms with Gasteiger partial charge in [0.25, 0.3) is 0 Å². The summed E-state index contributed by atoms with van der Waals surface area (Å²) in [6, 6.07) is 0. The Morgan fingerprint density at radius 3 is 3.33 bits per heavy atom. The molecule has 0 aliphatic carbocycles. The van der Waals surface area contributed by atoms with Crippen molar-refractivity contribution < 1.29 is 0 Å². The molecule has 0 saturated carbocycles. The number of hydrogen-bond acceptors (Lipinski definition) is 4. The lowest BCUT2D eigenvalue weighted by atomic mass is 10.4. The van der Waals surface area contributed by atoms with Gasteiger partial charge in [-0.1, -0.05) is 0 Å². The van der Waals surface area contributed by atoms with Crippen molar-refractivity contribution in [2.75, 3.05) is 13.3 Å². The van der Waals surface area contributed by atoms with Gasteiger partial charge in [0.15, 0.2) is 0 Å². The van der Waals surface area contributed by atoms with Crippen LogP contribution < -0.4 is 16.0 Å². The topological polar surface area (TPSA) is 48.5 Å². The lowest BCUT2D eigenvalue weighted by molar-refractivity contribution is 0.838. The summed E-state index contributed by atoms with van der Waals surface area (Å²) in [6.07, 6.45) is 1.93. The van der Waals surface area contributed by atoms with Crippen LogP contribution in [-0.4, -0.2) is 19.2 Å². The number of rotatable bonds is 0. The van der Waals surface area contributed by atoms with E-state index in [4.69, 9.17) is 0 Å². The Kier molecular flexibility index (Phi) is 0.855. The van der Waals surface area contributed by atoms with Gasteiger partial charge in [0.05, 0.1) is 12.4 Å². The maximum atomic E-state index is 4.16. The standard InChI is InChI=1S/C5H8N4/c1-4-5(8-2-6-1)9-3-7-4/h1,6-7H,2-3H2,(H,8,9).